The highest BCUT2D eigenvalue weighted by atomic mass is 35.5. The summed E-state index contributed by atoms with van der Waals surface area (Å²) < 4.78 is 2.64. The van der Waals surface area contributed by atoms with Crippen LogP contribution in [0.1, 0.15) is 121 Å². The van der Waals surface area contributed by atoms with Crippen molar-refractivity contribution in [2.45, 2.75) is 121 Å². The van der Waals surface area contributed by atoms with Gasteiger partial charge in [-0.3, -0.25) is 0 Å². The van der Waals surface area contributed by atoms with E-state index in [1.54, 1.807) is 11.1 Å². The van der Waals surface area contributed by atoms with Gasteiger partial charge in [0, 0.05) is 52.5 Å². The van der Waals surface area contributed by atoms with Crippen molar-refractivity contribution in [1.29, 1.82) is 0 Å². The van der Waals surface area contributed by atoms with Gasteiger partial charge in [0.15, 0.2) is 5.71 Å². The summed E-state index contributed by atoms with van der Waals surface area (Å²) in [6.45, 7) is 6.76. The molecule has 2 aliphatic heterocycles. The first-order chi connectivity index (χ1) is 22.1. The number of allylic oxidation sites excluding steroid dienone is 8. The molecule has 2 fully saturated rings. The number of hydrogen-bond acceptors (Lipinski definition) is 1. The van der Waals surface area contributed by atoms with Crippen LogP contribution in [0.2, 0.25) is 0 Å². The lowest BCUT2D eigenvalue weighted by Gasteiger charge is -2.37. The Bertz CT molecular complexity index is 1570. The number of hydrogen-bond donors (Lipinski definition) is 0. The van der Waals surface area contributed by atoms with Crippen LogP contribution in [0.4, 0.5) is 11.4 Å². The standard InChI is InChI=1S/C42H52ClN2/c1-3-30-44-36-20-9-7-18-34(36)41(26-11-5-12-27-41)38(44)24-22-32-16-15-17-33(40(32)43)23-25-39-42(28-13-6-14-29-42)35-19-8-10-21-37(35)45(39)31-4-2/h7-10,18-25H,3-6,11-17,26-31H2,1-2H3/q+1. The van der Waals surface area contributed by atoms with Crippen LogP contribution in [-0.4, -0.2) is 23.4 Å². The van der Waals surface area contributed by atoms with Gasteiger partial charge >= 0.3 is 0 Å². The van der Waals surface area contributed by atoms with Crippen LogP contribution < -0.4 is 4.90 Å². The number of anilines is 1. The zero-order chi connectivity index (χ0) is 30.9. The Morgan fingerprint density at radius 3 is 2.16 bits per heavy atom. The molecule has 2 heterocycles. The highest BCUT2D eigenvalue weighted by Crippen LogP contribution is 2.55. The average molecular weight is 620 g/mol. The zero-order valence-corrected chi connectivity index (χ0v) is 28.5. The van der Waals surface area contributed by atoms with E-state index in [1.807, 2.05) is 0 Å². The van der Waals surface area contributed by atoms with Gasteiger partial charge < -0.3 is 4.90 Å². The number of para-hydroxylation sites is 2. The lowest BCUT2D eigenvalue weighted by molar-refractivity contribution is -0.437. The summed E-state index contributed by atoms with van der Waals surface area (Å²) >= 11 is 7.34. The van der Waals surface area contributed by atoms with Crippen LogP contribution in [0.25, 0.3) is 0 Å². The minimum absolute atomic E-state index is 0.153. The smallest absolute Gasteiger partial charge is 0.209 e. The van der Waals surface area contributed by atoms with Gasteiger partial charge in [-0.1, -0.05) is 113 Å². The van der Waals surface area contributed by atoms with E-state index in [1.165, 1.54) is 98.1 Å². The van der Waals surface area contributed by atoms with Crippen LogP contribution in [0.15, 0.2) is 94.7 Å². The van der Waals surface area contributed by atoms with Crippen molar-refractivity contribution in [3.8, 4) is 0 Å². The highest BCUT2D eigenvalue weighted by molar-refractivity contribution is 6.32. The molecule has 236 valence electrons. The van der Waals surface area contributed by atoms with E-state index >= 15 is 0 Å². The first-order valence-corrected chi connectivity index (χ1v) is 18.6. The van der Waals surface area contributed by atoms with Gasteiger partial charge in [0.25, 0.3) is 0 Å². The Morgan fingerprint density at radius 1 is 0.733 bits per heavy atom. The molecule has 0 radical (unpaired) electrons. The predicted molar refractivity (Wildman–Crippen MR) is 192 cm³/mol. The second kappa shape index (κ2) is 13.1. The molecule has 3 heteroatoms. The molecule has 0 saturated heterocycles. The lowest BCUT2D eigenvalue weighted by Crippen LogP contribution is -2.36. The molecule has 2 aromatic carbocycles. The van der Waals surface area contributed by atoms with Gasteiger partial charge in [0.2, 0.25) is 5.69 Å². The highest BCUT2D eigenvalue weighted by Gasteiger charge is 2.51. The van der Waals surface area contributed by atoms with Crippen molar-refractivity contribution in [3.63, 3.8) is 0 Å². The SMILES string of the molecule is CCCN1/C(=C/C=C2\CCCC(/C=C/C3=[N+](CCC)c4ccccc4C34CCCCC4)=C2Cl)C2(CCCCC2)c2ccccc21. The first kappa shape index (κ1) is 30.8. The van der Waals surface area contributed by atoms with Crippen LogP contribution in [-0.2, 0) is 10.8 Å². The maximum Gasteiger partial charge on any atom is 0.209 e. The van der Waals surface area contributed by atoms with E-state index in [4.69, 9.17) is 11.6 Å². The zero-order valence-electron chi connectivity index (χ0n) is 27.7. The molecule has 0 unspecified atom stereocenters. The van der Waals surface area contributed by atoms with E-state index < -0.39 is 0 Å². The number of fused-ring (bicyclic) bond motifs is 4. The van der Waals surface area contributed by atoms with Crippen LogP contribution in [0, 0.1) is 0 Å². The Balaban J connectivity index is 1.25. The van der Waals surface area contributed by atoms with Crippen molar-refractivity contribution in [1.82, 2.24) is 0 Å². The van der Waals surface area contributed by atoms with Crippen LogP contribution in [0.3, 0.4) is 0 Å². The minimum Gasteiger partial charge on any atom is -0.344 e. The summed E-state index contributed by atoms with van der Waals surface area (Å²) in [4.78, 5) is 2.64. The van der Waals surface area contributed by atoms with E-state index in [9.17, 15) is 0 Å². The molecular formula is C42H52ClN2+. The fourth-order valence-corrected chi connectivity index (χ4v) is 9.95. The van der Waals surface area contributed by atoms with Gasteiger partial charge in [0.1, 0.15) is 6.54 Å². The second-order valence-electron chi connectivity index (χ2n) is 14.3. The molecule has 45 heavy (non-hydrogen) atoms. The third-order valence-corrected chi connectivity index (χ3v) is 12.1. The molecule has 2 spiro atoms. The molecular weight excluding hydrogens is 568 g/mol. The van der Waals surface area contributed by atoms with Gasteiger partial charge in [-0.2, -0.15) is 4.58 Å². The molecule has 5 aliphatic rings. The summed E-state index contributed by atoms with van der Waals surface area (Å²) in [6, 6.07) is 18.5. The van der Waals surface area contributed by atoms with E-state index in [2.05, 4.69) is 96.2 Å². The van der Waals surface area contributed by atoms with E-state index in [0.717, 1.165) is 50.2 Å². The Kier molecular flexibility index (Phi) is 8.97. The second-order valence-corrected chi connectivity index (χ2v) is 14.7. The van der Waals surface area contributed by atoms with Crippen LogP contribution in [0.5, 0.6) is 0 Å². The third-order valence-electron chi connectivity index (χ3n) is 11.6. The topological polar surface area (TPSA) is 6.25 Å². The molecule has 0 aromatic heterocycles. The molecule has 0 N–H and O–H groups in total. The summed E-state index contributed by atoms with van der Waals surface area (Å²) in [5, 5.41) is 0.987. The lowest BCUT2D eigenvalue weighted by atomic mass is 9.67. The average Bonchev–Trinajstić information content (AvgIpc) is 3.47. The molecule has 2 nitrogen and oxygen atoms in total. The van der Waals surface area contributed by atoms with Crippen molar-refractivity contribution < 1.29 is 4.58 Å². The predicted octanol–water partition coefficient (Wildman–Crippen LogP) is 11.6. The number of rotatable bonds is 7. The van der Waals surface area contributed by atoms with Gasteiger partial charge in [-0.15, -0.1) is 0 Å². The molecule has 2 aromatic rings. The normalized spacial score (nSPS) is 24.1. The molecule has 0 amide bonds. The third kappa shape index (κ3) is 5.30. The quantitative estimate of drug-likeness (QED) is 0.279. The minimum atomic E-state index is 0.153. The van der Waals surface area contributed by atoms with Crippen molar-refractivity contribution in [2.24, 2.45) is 0 Å². The Morgan fingerprint density at radius 2 is 1.42 bits per heavy atom. The maximum atomic E-state index is 7.34. The van der Waals surface area contributed by atoms with Gasteiger partial charge in [-0.25, -0.2) is 0 Å². The fourth-order valence-electron chi connectivity index (χ4n) is 9.64. The van der Waals surface area contributed by atoms with Crippen molar-refractivity contribution in [3.05, 3.63) is 106 Å². The first-order valence-electron chi connectivity index (χ1n) is 18.2. The van der Waals surface area contributed by atoms with Crippen molar-refractivity contribution >= 4 is 28.7 Å². The Hall–Kier alpha value is -2.84. The summed E-state index contributed by atoms with van der Waals surface area (Å²) in [6.07, 6.45) is 28.3. The number of nitrogens with zero attached hydrogens (tertiary/aromatic N) is 2. The molecule has 0 atom stereocenters. The van der Waals surface area contributed by atoms with E-state index in [0.29, 0.717) is 0 Å². The molecule has 7 rings (SSSR count). The largest absolute Gasteiger partial charge is 0.344 e. The number of halogens is 1. The fraction of sp³-hybridized carbons (Fsp3) is 0.500. The van der Waals surface area contributed by atoms with Crippen molar-refractivity contribution in [2.75, 3.05) is 18.0 Å². The Labute approximate surface area is 277 Å². The molecule has 2 saturated carbocycles. The van der Waals surface area contributed by atoms with Gasteiger partial charge in [0.05, 0.1) is 5.41 Å². The van der Waals surface area contributed by atoms with Crippen LogP contribution >= 0.6 is 11.6 Å². The summed E-state index contributed by atoms with van der Waals surface area (Å²) in [7, 11) is 0. The van der Waals surface area contributed by atoms with E-state index in [-0.39, 0.29) is 10.8 Å². The monoisotopic (exact) mass is 619 g/mol. The molecule has 3 aliphatic carbocycles. The maximum absolute atomic E-state index is 7.34. The summed E-state index contributed by atoms with van der Waals surface area (Å²) in [5.74, 6) is 0. The summed E-state index contributed by atoms with van der Waals surface area (Å²) in [5.41, 5.74) is 11.9. The van der Waals surface area contributed by atoms with Gasteiger partial charge in [-0.05, 0) is 80.2 Å². The number of benzene rings is 2. The molecule has 0 bridgehead atoms.